The van der Waals surface area contributed by atoms with Crippen molar-refractivity contribution >= 4 is 17.6 Å². The Morgan fingerprint density at radius 3 is 2.81 bits per heavy atom. The van der Waals surface area contributed by atoms with Crippen molar-refractivity contribution in [2.75, 3.05) is 40.4 Å². The molecule has 0 aliphatic carbocycles. The minimum Gasteiger partial charge on any atom is -0.495 e. The quantitative estimate of drug-likeness (QED) is 0.860. The fourth-order valence-electron chi connectivity index (χ4n) is 2.59. The van der Waals surface area contributed by atoms with Gasteiger partial charge in [0, 0.05) is 19.6 Å². The van der Waals surface area contributed by atoms with E-state index < -0.39 is 6.04 Å². The molecule has 1 aliphatic heterocycles. The molecule has 0 saturated carbocycles. The highest BCUT2D eigenvalue weighted by Gasteiger charge is 2.29. The van der Waals surface area contributed by atoms with E-state index in [1.807, 2.05) is 6.07 Å². The SMILES string of the molecule is COC(=O)C(c1ccc(OC)c(Cl)c1)N1CCCNCC1. The second-order valence-corrected chi connectivity index (χ2v) is 5.37. The number of hydrogen-bond donors (Lipinski definition) is 1. The zero-order valence-electron chi connectivity index (χ0n) is 12.4. The molecule has 2 rings (SSSR count). The number of benzene rings is 1. The molecule has 5 nitrogen and oxygen atoms in total. The highest BCUT2D eigenvalue weighted by atomic mass is 35.5. The van der Waals surface area contributed by atoms with Crippen molar-refractivity contribution < 1.29 is 14.3 Å². The van der Waals surface area contributed by atoms with Gasteiger partial charge in [0.2, 0.25) is 0 Å². The molecular weight excluding hydrogens is 292 g/mol. The molecule has 1 fully saturated rings. The van der Waals surface area contributed by atoms with Crippen LogP contribution >= 0.6 is 11.6 Å². The molecule has 1 aromatic carbocycles. The summed E-state index contributed by atoms with van der Waals surface area (Å²) in [6.45, 7) is 3.46. The smallest absolute Gasteiger partial charge is 0.327 e. The summed E-state index contributed by atoms with van der Waals surface area (Å²) >= 11 is 6.18. The molecule has 1 aliphatic rings. The predicted octanol–water partition coefficient (Wildman–Crippen LogP) is 1.86. The summed E-state index contributed by atoms with van der Waals surface area (Å²) in [5.74, 6) is 0.333. The van der Waals surface area contributed by atoms with Gasteiger partial charge < -0.3 is 14.8 Å². The van der Waals surface area contributed by atoms with E-state index in [1.54, 1.807) is 19.2 Å². The number of nitrogens with one attached hydrogen (secondary N) is 1. The number of ether oxygens (including phenoxy) is 2. The minimum absolute atomic E-state index is 0.266. The van der Waals surface area contributed by atoms with Gasteiger partial charge in [0.25, 0.3) is 0 Å². The van der Waals surface area contributed by atoms with Crippen LogP contribution in [0.15, 0.2) is 18.2 Å². The molecule has 0 spiro atoms. The lowest BCUT2D eigenvalue weighted by Gasteiger charge is -2.28. The summed E-state index contributed by atoms with van der Waals surface area (Å²) in [6.07, 6.45) is 0.997. The van der Waals surface area contributed by atoms with Crippen LogP contribution in [-0.2, 0) is 9.53 Å². The third kappa shape index (κ3) is 3.87. The van der Waals surface area contributed by atoms with Gasteiger partial charge in [0.1, 0.15) is 11.8 Å². The number of esters is 1. The number of rotatable bonds is 4. The second-order valence-electron chi connectivity index (χ2n) is 4.96. The first-order valence-corrected chi connectivity index (χ1v) is 7.41. The van der Waals surface area contributed by atoms with E-state index in [0.717, 1.165) is 38.2 Å². The summed E-state index contributed by atoms with van der Waals surface area (Å²) in [4.78, 5) is 14.4. The van der Waals surface area contributed by atoms with Gasteiger partial charge in [-0.15, -0.1) is 0 Å². The summed E-state index contributed by atoms with van der Waals surface area (Å²) < 4.78 is 10.1. The van der Waals surface area contributed by atoms with Crippen molar-refractivity contribution in [3.05, 3.63) is 28.8 Å². The lowest BCUT2D eigenvalue weighted by atomic mass is 10.0. The number of carbonyl (C=O) groups excluding carboxylic acids is 1. The fraction of sp³-hybridized carbons (Fsp3) is 0.533. The minimum atomic E-state index is -0.432. The molecule has 1 atom stereocenters. The van der Waals surface area contributed by atoms with Gasteiger partial charge in [0.15, 0.2) is 0 Å². The highest BCUT2D eigenvalue weighted by Crippen LogP contribution is 2.30. The molecule has 0 aromatic heterocycles. The summed E-state index contributed by atoms with van der Waals surface area (Å²) in [5.41, 5.74) is 0.828. The molecule has 1 heterocycles. The molecule has 6 heteroatoms. The summed E-state index contributed by atoms with van der Waals surface area (Å²) in [5, 5.41) is 3.83. The Balaban J connectivity index is 2.30. The van der Waals surface area contributed by atoms with E-state index in [1.165, 1.54) is 7.11 Å². The zero-order chi connectivity index (χ0) is 15.2. The Hall–Kier alpha value is -1.30. The molecule has 116 valence electrons. The molecule has 1 saturated heterocycles. The van der Waals surface area contributed by atoms with Crippen LogP contribution in [-0.4, -0.2) is 51.3 Å². The Labute approximate surface area is 130 Å². The predicted molar refractivity (Wildman–Crippen MR) is 81.8 cm³/mol. The first kappa shape index (κ1) is 16.1. The number of carbonyl (C=O) groups is 1. The fourth-order valence-corrected chi connectivity index (χ4v) is 2.85. The molecule has 1 N–H and O–H groups in total. The standard InChI is InChI=1S/C15H21ClN2O3/c1-20-13-5-4-11(10-12(13)16)14(15(19)21-2)18-8-3-6-17-7-9-18/h4-5,10,14,17H,3,6-9H2,1-2H3. The van der Waals surface area contributed by atoms with Crippen LogP contribution in [0.4, 0.5) is 0 Å². The van der Waals surface area contributed by atoms with Gasteiger partial charge in [-0.2, -0.15) is 0 Å². The van der Waals surface area contributed by atoms with Gasteiger partial charge in [-0.25, -0.2) is 4.79 Å². The van der Waals surface area contributed by atoms with E-state index in [-0.39, 0.29) is 5.97 Å². The van der Waals surface area contributed by atoms with Crippen LogP contribution in [0.2, 0.25) is 5.02 Å². The van der Waals surface area contributed by atoms with Crippen LogP contribution in [0.3, 0.4) is 0 Å². The van der Waals surface area contributed by atoms with Crippen molar-refractivity contribution in [3.8, 4) is 5.75 Å². The molecule has 0 bridgehead atoms. The molecular formula is C15H21ClN2O3. The van der Waals surface area contributed by atoms with Crippen molar-refractivity contribution in [1.82, 2.24) is 10.2 Å². The first-order chi connectivity index (χ1) is 10.2. The van der Waals surface area contributed by atoms with E-state index in [0.29, 0.717) is 10.8 Å². The normalized spacial score (nSPS) is 17.9. The lowest BCUT2D eigenvalue weighted by Crippen LogP contribution is -2.37. The van der Waals surface area contributed by atoms with Crippen LogP contribution in [0.5, 0.6) is 5.75 Å². The Morgan fingerprint density at radius 2 is 2.14 bits per heavy atom. The van der Waals surface area contributed by atoms with Crippen molar-refractivity contribution in [2.45, 2.75) is 12.5 Å². The average molecular weight is 313 g/mol. The van der Waals surface area contributed by atoms with Gasteiger partial charge >= 0.3 is 5.97 Å². The van der Waals surface area contributed by atoms with Crippen LogP contribution in [0.1, 0.15) is 18.0 Å². The molecule has 0 amide bonds. The summed E-state index contributed by atoms with van der Waals surface area (Å²) in [7, 11) is 2.98. The van der Waals surface area contributed by atoms with Crippen molar-refractivity contribution in [3.63, 3.8) is 0 Å². The van der Waals surface area contributed by atoms with Gasteiger partial charge in [-0.05, 0) is 30.7 Å². The number of halogens is 1. The maximum atomic E-state index is 12.2. The van der Waals surface area contributed by atoms with E-state index in [2.05, 4.69) is 10.2 Å². The number of hydrogen-bond acceptors (Lipinski definition) is 5. The first-order valence-electron chi connectivity index (χ1n) is 7.03. The lowest BCUT2D eigenvalue weighted by molar-refractivity contribution is -0.147. The molecule has 21 heavy (non-hydrogen) atoms. The maximum absolute atomic E-state index is 12.2. The Bertz CT molecular complexity index is 488. The van der Waals surface area contributed by atoms with E-state index in [9.17, 15) is 4.79 Å². The van der Waals surface area contributed by atoms with Gasteiger partial charge in [0.05, 0.1) is 19.2 Å². The van der Waals surface area contributed by atoms with Crippen LogP contribution in [0.25, 0.3) is 0 Å². The number of methoxy groups -OCH3 is 2. The number of nitrogens with zero attached hydrogens (tertiary/aromatic N) is 1. The third-order valence-electron chi connectivity index (χ3n) is 3.66. The van der Waals surface area contributed by atoms with Gasteiger partial charge in [-0.3, -0.25) is 4.90 Å². The average Bonchev–Trinajstić information content (AvgIpc) is 2.76. The molecule has 0 radical (unpaired) electrons. The van der Waals surface area contributed by atoms with Gasteiger partial charge in [-0.1, -0.05) is 17.7 Å². The van der Waals surface area contributed by atoms with Crippen molar-refractivity contribution in [1.29, 1.82) is 0 Å². The molecule has 1 unspecified atom stereocenters. The van der Waals surface area contributed by atoms with Crippen molar-refractivity contribution in [2.24, 2.45) is 0 Å². The Morgan fingerprint density at radius 1 is 1.33 bits per heavy atom. The Kier molecular flexibility index (Phi) is 5.85. The largest absolute Gasteiger partial charge is 0.495 e. The third-order valence-corrected chi connectivity index (χ3v) is 3.95. The van der Waals surface area contributed by atoms with E-state index >= 15 is 0 Å². The second kappa shape index (κ2) is 7.64. The topological polar surface area (TPSA) is 50.8 Å². The van der Waals surface area contributed by atoms with Crippen LogP contribution < -0.4 is 10.1 Å². The zero-order valence-corrected chi connectivity index (χ0v) is 13.2. The highest BCUT2D eigenvalue weighted by molar-refractivity contribution is 6.32. The maximum Gasteiger partial charge on any atom is 0.327 e. The van der Waals surface area contributed by atoms with Crippen LogP contribution in [0, 0.1) is 0 Å². The van der Waals surface area contributed by atoms with E-state index in [4.69, 9.17) is 21.1 Å². The monoisotopic (exact) mass is 312 g/mol. The molecule has 1 aromatic rings. The summed E-state index contributed by atoms with van der Waals surface area (Å²) in [6, 6.07) is 4.99.